The molecule has 1 aromatic carbocycles. The Balaban J connectivity index is 2.19. The Hall–Kier alpha value is -2.08. The molecule has 6 nitrogen and oxygen atoms in total. The standard InChI is InChI=1S/C14H18ClN5O/c1-8(2)21-14-19-12(16)18-13(20-14)17-9(3)10-6-4-5-7-11(10)15/h4-9H,1-3H3,(H3,16,17,18,19,20). The van der Waals surface area contributed by atoms with Crippen molar-refractivity contribution in [2.24, 2.45) is 0 Å². The lowest BCUT2D eigenvalue weighted by atomic mass is 10.1. The van der Waals surface area contributed by atoms with E-state index in [4.69, 9.17) is 22.1 Å². The van der Waals surface area contributed by atoms with Gasteiger partial charge in [0, 0.05) is 5.02 Å². The van der Waals surface area contributed by atoms with E-state index in [0.29, 0.717) is 11.0 Å². The van der Waals surface area contributed by atoms with Crippen LogP contribution in [0.3, 0.4) is 0 Å². The van der Waals surface area contributed by atoms with E-state index in [2.05, 4.69) is 20.3 Å². The van der Waals surface area contributed by atoms with Crippen LogP contribution in [0.1, 0.15) is 32.4 Å². The largest absolute Gasteiger partial charge is 0.461 e. The van der Waals surface area contributed by atoms with Gasteiger partial charge in [-0.3, -0.25) is 0 Å². The molecule has 3 N–H and O–H groups in total. The van der Waals surface area contributed by atoms with Gasteiger partial charge in [0.2, 0.25) is 11.9 Å². The van der Waals surface area contributed by atoms with Crippen LogP contribution in [0, 0.1) is 0 Å². The van der Waals surface area contributed by atoms with Crippen LogP contribution < -0.4 is 15.8 Å². The van der Waals surface area contributed by atoms with Crippen LogP contribution in [0.15, 0.2) is 24.3 Å². The van der Waals surface area contributed by atoms with Gasteiger partial charge in [0.1, 0.15) is 0 Å². The van der Waals surface area contributed by atoms with Crippen LogP contribution in [0.5, 0.6) is 6.01 Å². The Labute approximate surface area is 128 Å². The first-order chi connectivity index (χ1) is 9.95. The maximum Gasteiger partial charge on any atom is 0.323 e. The second-order valence-corrected chi connectivity index (χ2v) is 5.26. The Morgan fingerprint density at radius 1 is 1.14 bits per heavy atom. The van der Waals surface area contributed by atoms with Gasteiger partial charge in [0.25, 0.3) is 0 Å². The molecule has 0 amide bonds. The van der Waals surface area contributed by atoms with Crippen LogP contribution >= 0.6 is 11.6 Å². The third-order valence-corrected chi connectivity index (χ3v) is 3.03. The van der Waals surface area contributed by atoms with E-state index >= 15 is 0 Å². The van der Waals surface area contributed by atoms with Gasteiger partial charge in [0.15, 0.2) is 0 Å². The monoisotopic (exact) mass is 307 g/mol. The first-order valence-corrected chi connectivity index (χ1v) is 7.02. The third kappa shape index (κ3) is 4.19. The second-order valence-electron chi connectivity index (χ2n) is 4.85. The van der Waals surface area contributed by atoms with Gasteiger partial charge in [-0.15, -0.1) is 0 Å². The molecule has 2 rings (SSSR count). The van der Waals surface area contributed by atoms with Crippen molar-refractivity contribution in [1.82, 2.24) is 15.0 Å². The van der Waals surface area contributed by atoms with Crippen LogP contribution in [0.4, 0.5) is 11.9 Å². The first-order valence-electron chi connectivity index (χ1n) is 6.65. The maximum atomic E-state index is 6.17. The van der Waals surface area contributed by atoms with Crippen molar-refractivity contribution < 1.29 is 4.74 Å². The average Bonchev–Trinajstić information content (AvgIpc) is 2.37. The summed E-state index contributed by atoms with van der Waals surface area (Å²) in [6.45, 7) is 5.74. The lowest BCUT2D eigenvalue weighted by Gasteiger charge is -2.16. The molecule has 0 saturated heterocycles. The quantitative estimate of drug-likeness (QED) is 0.883. The molecule has 1 heterocycles. The number of ether oxygens (including phenoxy) is 1. The van der Waals surface area contributed by atoms with Crippen molar-refractivity contribution >= 4 is 23.5 Å². The summed E-state index contributed by atoms with van der Waals surface area (Å²) in [4.78, 5) is 12.2. The summed E-state index contributed by atoms with van der Waals surface area (Å²) < 4.78 is 5.44. The molecule has 0 bridgehead atoms. The number of halogens is 1. The van der Waals surface area contributed by atoms with Gasteiger partial charge in [0.05, 0.1) is 12.1 Å². The molecule has 21 heavy (non-hydrogen) atoms. The molecule has 112 valence electrons. The highest BCUT2D eigenvalue weighted by atomic mass is 35.5. The van der Waals surface area contributed by atoms with Crippen LogP contribution in [-0.4, -0.2) is 21.1 Å². The van der Waals surface area contributed by atoms with Gasteiger partial charge in [-0.05, 0) is 32.4 Å². The molecule has 0 aliphatic carbocycles. The number of anilines is 2. The number of rotatable bonds is 5. The second kappa shape index (κ2) is 6.58. The number of hydrogen-bond acceptors (Lipinski definition) is 6. The summed E-state index contributed by atoms with van der Waals surface area (Å²) in [6, 6.07) is 7.71. The lowest BCUT2D eigenvalue weighted by molar-refractivity contribution is 0.222. The number of nitrogens with one attached hydrogen (secondary N) is 1. The zero-order valence-electron chi connectivity index (χ0n) is 12.2. The third-order valence-electron chi connectivity index (χ3n) is 2.69. The lowest BCUT2D eigenvalue weighted by Crippen LogP contribution is -2.14. The SMILES string of the molecule is CC(C)Oc1nc(N)nc(NC(C)c2ccccc2Cl)n1. The Bertz CT molecular complexity index is 620. The molecular weight excluding hydrogens is 290 g/mol. The van der Waals surface area contributed by atoms with Crippen molar-refractivity contribution in [3.8, 4) is 6.01 Å². The highest BCUT2D eigenvalue weighted by Gasteiger charge is 2.13. The summed E-state index contributed by atoms with van der Waals surface area (Å²) in [6.07, 6.45) is -0.0411. The highest BCUT2D eigenvalue weighted by molar-refractivity contribution is 6.31. The van der Waals surface area contributed by atoms with Gasteiger partial charge in [-0.1, -0.05) is 29.8 Å². The summed E-state index contributed by atoms with van der Waals surface area (Å²) in [7, 11) is 0. The molecular formula is C14H18ClN5O. The van der Waals surface area contributed by atoms with Crippen molar-refractivity contribution in [3.05, 3.63) is 34.9 Å². The zero-order valence-corrected chi connectivity index (χ0v) is 12.9. The highest BCUT2D eigenvalue weighted by Crippen LogP contribution is 2.25. The van der Waals surface area contributed by atoms with Gasteiger partial charge < -0.3 is 15.8 Å². The van der Waals surface area contributed by atoms with E-state index in [9.17, 15) is 0 Å². The Kier molecular flexibility index (Phi) is 4.80. The minimum absolute atomic E-state index is 0.0411. The van der Waals surface area contributed by atoms with Crippen LogP contribution in [0.25, 0.3) is 0 Å². The van der Waals surface area contributed by atoms with Crippen LogP contribution in [-0.2, 0) is 0 Å². The molecule has 0 aliphatic heterocycles. The molecule has 1 unspecified atom stereocenters. The van der Waals surface area contributed by atoms with Crippen molar-refractivity contribution in [2.75, 3.05) is 11.1 Å². The van der Waals surface area contributed by atoms with Crippen molar-refractivity contribution in [2.45, 2.75) is 32.9 Å². The first kappa shape index (κ1) is 15.3. The average molecular weight is 308 g/mol. The molecule has 7 heteroatoms. The van der Waals surface area contributed by atoms with E-state index in [1.807, 2.05) is 45.0 Å². The molecule has 0 fully saturated rings. The molecule has 0 spiro atoms. The number of aromatic nitrogens is 3. The maximum absolute atomic E-state index is 6.17. The number of benzene rings is 1. The topological polar surface area (TPSA) is 86.0 Å². The molecule has 1 aromatic heterocycles. The van der Waals surface area contributed by atoms with E-state index in [0.717, 1.165) is 5.56 Å². The summed E-state index contributed by atoms with van der Waals surface area (Å²) >= 11 is 6.17. The zero-order chi connectivity index (χ0) is 15.4. The Morgan fingerprint density at radius 2 is 1.86 bits per heavy atom. The molecule has 0 aliphatic rings. The predicted octanol–water partition coefficient (Wildman–Crippen LogP) is 3.07. The van der Waals surface area contributed by atoms with Crippen molar-refractivity contribution in [1.29, 1.82) is 0 Å². The fraction of sp³-hybridized carbons (Fsp3) is 0.357. The molecule has 2 aromatic rings. The van der Waals surface area contributed by atoms with Gasteiger partial charge >= 0.3 is 6.01 Å². The predicted molar refractivity (Wildman–Crippen MR) is 83.5 cm³/mol. The smallest absolute Gasteiger partial charge is 0.323 e. The minimum Gasteiger partial charge on any atom is -0.461 e. The normalized spacial score (nSPS) is 12.2. The van der Waals surface area contributed by atoms with E-state index < -0.39 is 0 Å². The summed E-state index contributed by atoms with van der Waals surface area (Å²) in [5, 5.41) is 3.83. The number of hydrogen-bond donors (Lipinski definition) is 2. The molecule has 1 atom stereocenters. The number of nitrogens with zero attached hydrogens (tertiary/aromatic N) is 3. The molecule has 0 radical (unpaired) electrons. The fourth-order valence-electron chi connectivity index (χ4n) is 1.80. The Morgan fingerprint density at radius 3 is 2.52 bits per heavy atom. The van der Waals surface area contributed by atoms with Crippen LogP contribution in [0.2, 0.25) is 5.02 Å². The summed E-state index contributed by atoms with van der Waals surface area (Å²) in [5.74, 6) is 0.458. The summed E-state index contributed by atoms with van der Waals surface area (Å²) in [5.41, 5.74) is 6.62. The van der Waals surface area contributed by atoms with Gasteiger partial charge in [-0.2, -0.15) is 15.0 Å². The fourth-order valence-corrected chi connectivity index (χ4v) is 2.10. The minimum atomic E-state index is -0.0765. The molecule has 0 saturated carbocycles. The van der Waals surface area contributed by atoms with E-state index in [1.54, 1.807) is 0 Å². The van der Waals surface area contributed by atoms with Gasteiger partial charge in [-0.25, -0.2) is 0 Å². The number of nitrogen functional groups attached to an aromatic ring is 1. The van der Waals surface area contributed by atoms with E-state index in [-0.39, 0.29) is 24.1 Å². The number of nitrogens with two attached hydrogens (primary N) is 1. The van der Waals surface area contributed by atoms with E-state index in [1.165, 1.54) is 0 Å². The van der Waals surface area contributed by atoms with Crippen molar-refractivity contribution in [3.63, 3.8) is 0 Å².